The van der Waals surface area contributed by atoms with Crippen molar-refractivity contribution in [3.63, 3.8) is 0 Å². The number of benzene rings is 1. The maximum Gasteiger partial charge on any atom is 0.0624 e. The summed E-state index contributed by atoms with van der Waals surface area (Å²) >= 11 is 12.2. The lowest BCUT2D eigenvalue weighted by Gasteiger charge is -2.22. The second-order valence-corrected chi connectivity index (χ2v) is 6.77. The molecule has 1 N–H and O–H groups in total. The molecule has 0 amide bonds. The Bertz CT molecular complexity index is 383. The highest BCUT2D eigenvalue weighted by Gasteiger charge is 2.11. The molecule has 1 aromatic rings. The molecule has 0 saturated carbocycles. The molecule has 0 aliphatic carbocycles. The summed E-state index contributed by atoms with van der Waals surface area (Å²) in [6.07, 6.45) is 2.12. The van der Waals surface area contributed by atoms with Crippen LogP contribution in [0.2, 0.25) is 10.0 Å². The summed E-state index contributed by atoms with van der Waals surface area (Å²) in [6.45, 7) is 9.84. The van der Waals surface area contributed by atoms with Crippen LogP contribution in [0, 0.1) is 5.92 Å². The minimum Gasteiger partial charge on any atom is -0.312 e. The summed E-state index contributed by atoms with van der Waals surface area (Å²) < 4.78 is 0. The van der Waals surface area contributed by atoms with E-state index in [0.29, 0.717) is 16.0 Å². The number of hydrogen-bond donors (Lipinski definition) is 1. The maximum atomic E-state index is 6.20. The third-order valence-electron chi connectivity index (χ3n) is 2.89. The van der Waals surface area contributed by atoms with E-state index in [1.54, 1.807) is 0 Å². The van der Waals surface area contributed by atoms with Gasteiger partial charge >= 0.3 is 0 Å². The van der Waals surface area contributed by atoms with Crippen molar-refractivity contribution in [2.75, 3.05) is 6.54 Å². The summed E-state index contributed by atoms with van der Waals surface area (Å²) in [4.78, 5) is 0. The van der Waals surface area contributed by atoms with Crippen LogP contribution in [-0.4, -0.2) is 12.1 Å². The fourth-order valence-electron chi connectivity index (χ4n) is 1.88. The van der Waals surface area contributed by atoms with Crippen molar-refractivity contribution in [2.24, 2.45) is 5.92 Å². The molecule has 0 saturated heterocycles. The van der Waals surface area contributed by atoms with Gasteiger partial charge < -0.3 is 5.32 Å². The largest absolute Gasteiger partial charge is 0.312 e. The van der Waals surface area contributed by atoms with Crippen molar-refractivity contribution in [3.05, 3.63) is 33.8 Å². The van der Waals surface area contributed by atoms with Gasteiger partial charge in [0.25, 0.3) is 0 Å². The molecule has 1 aromatic carbocycles. The molecule has 0 radical (unpaired) electrons. The molecule has 1 rings (SSSR count). The molecule has 0 aliphatic heterocycles. The Hall–Kier alpha value is -0.240. The third-order valence-corrected chi connectivity index (χ3v) is 3.75. The average Bonchev–Trinajstić information content (AvgIpc) is 2.23. The highest BCUT2D eigenvalue weighted by Crippen LogP contribution is 2.27. The maximum absolute atomic E-state index is 6.20. The number of hydrogen-bond acceptors (Lipinski definition) is 1. The Kier molecular flexibility index (Phi) is 5.97. The Morgan fingerprint density at radius 2 is 1.89 bits per heavy atom. The second kappa shape index (κ2) is 6.79. The summed E-state index contributed by atoms with van der Waals surface area (Å²) in [5.41, 5.74) is 1.33. The van der Waals surface area contributed by atoms with Gasteiger partial charge in [-0.3, -0.25) is 0 Å². The number of nitrogens with one attached hydrogen (secondary N) is 1. The lowest BCUT2D eigenvalue weighted by atomic mass is 9.97. The molecule has 0 aliphatic rings. The minimum absolute atomic E-state index is 0.188. The van der Waals surface area contributed by atoms with Crippen molar-refractivity contribution >= 4 is 23.2 Å². The normalized spacial score (nSPS) is 13.7. The predicted octanol–water partition coefficient (Wildman–Crippen LogP) is 4.95. The van der Waals surface area contributed by atoms with E-state index in [1.165, 1.54) is 0 Å². The Labute approximate surface area is 121 Å². The Balaban J connectivity index is 2.45. The van der Waals surface area contributed by atoms with E-state index < -0.39 is 0 Å². The summed E-state index contributed by atoms with van der Waals surface area (Å²) in [5.74, 6) is 0.593. The van der Waals surface area contributed by atoms with E-state index >= 15 is 0 Å². The van der Waals surface area contributed by atoms with E-state index in [1.807, 2.05) is 12.1 Å². The van der Waals surface area contributed by atoms with Crippen LogP contribution in [-0.2, 0) is 6.42 Å². The van der Waals surface area contributed by atoms with Gasteiger partial charge in [-0.05, 0) is 57.7 Å². The molecule has 102 valence electrons. The summed E-state index contributed by atoms with van der Waals surface area (Å²) in [7, 11) is 0. The monoisotopic (exact) mass is 287 g/mol. The molecule has 0 aromatic heterocycles. The third kappa shape index (κ3) is 5.60. The van der Waals surface area contributed by atoms with Crippen LogP contribution in [0.25, 0.3) is 0 Å². The Morgan fingerprint density at radius 1 is 1.22 bits per heavy atom. The van der Waals surface area contributed by atoms with Crippen LogP contribution in [0.1, 0.15) is 39.7 Å². The summed E-state index contributed by atoms with van der Waals surface area (Å²) in [6, 6.07) is 5.85. The standard InChI is InChI=1S/C15H23Cl2N/c1-11(8-9-18-15(2,3)4)10-12-6-5-7-13(16)14(12)17/h5-7,11,18H,8-10H2,1-4H3. The molecule has 0 bridgehead atoms. The number of rotatable bonds is 5. The first-order valence-corrected chi connectivity index (χ1v) is 7.23. The molecule has 0 heterocycles. The fourth-order valence-corrected chi connectivity index (χ4v) is 2.27. The van der Waals surface area contributed by atoms with Gasteiger partial charge in [-0.2, -0.15) is 0 Å². The van der Waals surface area contributed by atoms with E-state index in [-0.39, 0.29) is 5.54 Å². The summed E-state index contributed by atoms with van der Waals surface area (Å²) in [5, 5.41) is 4.86. The lowest BCUT2D eigenvalue weighted by molar-refractivity contribution is 0.394. The smallest absolute Gasteiger partial charge is 0.0624 e. The van der Waals surface area contributed by atoms with E-state index in [9.17, 15) is 0 Å². The van der Waals surface area contributed by atoms with Crippen molar-refractivity contribution in [3.8, 4) is 0 Å². The van der Waals surface area contributed by atoms with Crippen LogP contribution < -0.4 is 5.32 Å². The first-order chi connectivity index (χ1) is 8.29. The molecule has 1 atom stereocenters. The first-order valence-electron chi connectivity index (χ1n) is 6.47. The molecule has 1 nitrogen and oxygen atoms in total. The Morgan fingerprint density at radius 3 is 2.50 bits per heavy atom. The second-order valence-electron chi connectivity index (χ2n) is 5.99. The van der Waals surface area contributed by atoms with Gasteiger partial charge in [0.15, 0.2) is 0 Å². The quantitative estimate of drug-likeness (QED) is 0.808. The topological polar surface area (TPSA) is 12.0 Å². The van der Waals surface area contributed by atoms with Crippen LogP contribution in [0.3, 0.4) is 0 Å². The van der Waals surface area contributed by atoms with E-state index in [4.69, 9.17) is 23.2 Å². The zero-order valence-corrected chi connectivity index (χ0v) is 13.2. The van der Waals surface area contributed by atoms with Gasteiger partial charge in [-0.15, -0.1) is 0 Å². The van der Waals surface area contributed by atoms with Crippen molar-refractivity contribution in [2.45, 2.75) is 46.1 Å². The SMILES string of the molecule is CC(CCNC(C)(C)C)Cc1cccc(Cl)c1Cl. The zero-order chi connectivity index (χ0) is 13.8. The molecule has 0 spiro atoms. The number of halogens is 2. The first kappa shape index (κ1) is 15.8. The molecule has 18 heavy (non-hydrogen) atoms. The van der Waals surface area contributed by atoms with Crippen LogP contribution in [0.5, 0.6) is 0 Å². The molecular weight excluding hydrogens is 265 g/mol. The van der Waals surface area contributed by atoms with Crippen molar-refractivity contribution in [1.82, 2.24) is 5.32 Å². The predicted molar refractivity (Wildman–Crippen MR) is 81.7 cm³/mol. The minimum atomic E-state index is 0.188. The molecular formula is C15H23Cl2N. The van der Waals surface area contributed by atoms with Gasteiger partial charge in [0.05, 0.1) is 10.0 Å². The van der Waals surface area contributed by atoms with Crippen molar-refractivity contribution < 1.29 is 0 Å². The molecule has 1 unspecified atom stereocenters. The van der Waals surface area contributed by atoms with Crippen LogP contribution >= 0.6 is 23.2 Å². The average molecular weight is 288 g/mol. The van der Waals surface area contributed by atoms with Gasteiger partial charge in [-0.25, -0.2) is 0 Å². The van der Waals surface area contributed by atoms with Crippen LogP contribution in [0.15, 0.2) is 18.2 Å². The van der Waals surface area contributed by atoms with Gasteiger partial charge in [0, 0.05) is 5.54 Å². The highest BCUT2D eigenvalue weighted by atomic mass is 35.5. The van der Waals surface area contributed by atoms with Crippen molar-refractivity contribution in [1.29, 1.82) is 0 Å². The van der Waals surface area contributed by atoms with Gasteiger partial charge in [-0.1, -0.05) is 42.3 Å². The zero-order valence-electron chi connectivity index (χ0n) is 11.7. The fraction of sp³-hybridized carbons (Fsp3) is 0.600. The van der Waals surface area contributed by atoms with Gasteiger partial charge in [0.1, 0.15) is 0 Å². The highest BCUT2D eigenvalue weighted by molar-refractivity contribution is 6.42. The van der Waals surface area contributed by atoms with Gasteiger partial charge in [0.2, 0.25) is 0 Å². The van der Waals surface area contributed by atoms with E-state index in [2.05, 4.69) is 39.1 Å². The van der Waals surface area contributed by atoms with Crippen LogP contribution in [0.4, 0.5) is 0 Å². The molecule has 0 fully saturated rings. The molecule has 3 heteroatoms. The lowest BCUT2D eigenvalue weighted by Crippen LogP contribution is -2.37. The van der Waals surface area contributed by atoms with E-state index in [0.717, 1.165) is 24.9 Å².